The molecule has 2 atom stereocenters. The fraction of sp³-hybridized carbons (Fsp3) is 0.600. The summed E-state index contributed by atoms with van der Waals surface area (Å²) < 4.78 is 5.60. The fourth-order valence-electron chi connectivity index (χ4n) is 3.52. The number of hydrogen-bond acceptors (Lipinski definition) is 4. The van der Waals surface area contributed by atoms with Crippen molar-refractivity contribution in [2.75, 3.05) is 26.2 Å². The third kappa shape index (κ3) is 5.21. The van der Waals surface area contributed by atoms with Crippen molar-refractivity contribution in [3.05, 3.63) is 30.3 Å². The number of piperidine rings is 1. The predicted molar refractivity (Wildman–Crippen MR) is 99.6 cm³/mol. The summed E-state index contributed by atoms with van der Waals surface area (Å²) in [6, 6.07) is 9.57. The van der Waals surface area contributed by atoms with Crippen molar-refractivity contribution in [3.8, 4) is 5.75 Å². The van der Waals surface area contributed by atoms with Crippen LogP contribution in [0, 0.1) is 11.8 Å². The van der Waals surface area contributed by atoms with Gasteiger partial charge in [0.1, 0.15) is 5.75 Å². The summed E-state index contributed by atoms with van der Waals surface area (Å²) in [5, 5.41) is 3.10. The fourth-order valence-corrected chi connectivity index (χ4v) is 3.52. The van der Waals surface area contributed by atoms with Crippen LogP contribution in [0.5, 0.6) is 5.75 Å². The lowest BCUT2D eigenvalue weighted by molar-refractivity contribution is -0.136. The Bertz CT molecular complexity index is 604. The molecule has 2 unspecified atom stereocenters. The maximum absolute atomic E-state index is 12.5. The van der Waals surface area contributed by atoms with Crippen molar-refractivity contribution in [3.63, 3.8) is 0 Å². The summed E-state index contributed by atoms with van der Waals surface area (Å²) in [6.07, 6.45) is 4.33. The monoisotopic (exact) mass is 359 g/mol. The average Bonchev–Trinajstić information content (AvgIpc) is 3.52. The molecule has 1 aliphatic heterocycles. The highest BCUT2D eigenvalue weighted by Gasteiger charge is 2.34. The molecule has 0 radical (unpaired) electrons. The number of amides is 2. The molecule has 2 aliphatic rings. The molecule has 1 aromatic rings. The normalized spacial score (nSPS) is 21.1. The van der Waals surface area contributed by atoms with Crippen LogP contribution in [0.4, 0.5) is 0 Å². The molecule has 6 heteroatoms. The van der Waals surface area contributed by atoms with E-state index in [1.54, 1.807) is 4.90 Å². The van der Waals surface area contributed by atoms with Crippen molar-refractivity contribution in [2.24, 2.45) is 17.6 Å². The van der Waals surface area contributed by atoms with Gasteiger partial charge in [0.15, 0.2) is 0 Å². The molecule has 1 saturated carbocycles. The first-order chi connectivity index (χ1) is 12.7. The molecule has 6 nitrogen and oxygen atoms in total. The highest BCUT2D eigenvalue weighted by Crippen LogP contribution is 2.32. The Hall–Kier alpha value is -2.08. The van der Waals surface area contributed by atoms with Gasteiger partial charge in [-0.2, -0.15) is 0 Å². The zero-order valence-corrected chi connectivity index (χ0v) is 15.2. The molecule has 1 aromatic carbocycles. The minimum absolute atomic E-state index is 0.0467. The van der Waals surface area contributed by atoms with Crippen LogP contribution in [0.2, 0.25) is 0 Å². The lowest BCUT2D eigenvalue weighted by Gasteiger charge is -2.33. The van der Waals surface area contributed by atoms with E-state index in [-0.39, 0.29) is 23.8 Å². The molecule has 1 aliphatic carbocycles. The number of ether oxygens (including phenoxy) is 1. The molecule has 26 heavy (non-hydrogen) atoms. The second-order valence-corrected chi connectivity index (χ2v) is 7.28. The van der Waals surface area contributed by atoms with Gasteiger partial charge in [-0.05, 0) is 43.7 Å². The molecule has 0 aromatic heterocycles. The van der Waals surface area contributed by atoms with Crippen molar-refractivity contribution < 1.29 is 14.3 Å². The third-order valence-corrected chi connectivity index (χ3v) is 5.25. The van der Waals surface area contributed by atoms with Gasteiger partial charge in [-0.25, -0.2) is 0 Å². The molecule has 3 N–H and O–H groups in total. The number of nitrogens with two attached hydrogens (primary N) is 1. The van der Waals surface area contributed by atoms with E-state index in [0.29, 0.717) is 32.0 Å². The van der Waals surface area contributed by atoms with Gasteiger partial charge in [-0.3, -0.25) is 9.59 Å². The van der Waals surface area contributed by atoms with Crippen LogP contribution in [-0.2, 0) is 9.59 Å². The number of nitrogens with zero attached hydrogens (tertiary/aromatic N) is 1. The van der Waals surface area contributed by atoms with Crippen molar-refractivity contribution in [1.82, 2.24) is 10.2 Å². The Morgan fingerprint density at radius 2 is 2.00 bits per heavy atom. The summed E-state index contributed by atoms with van der Waals surface area (Å²) in [7, 11) is 0. The van der Waals surface area contributed by atoms with Gasteiger partial charge >= 0.3 is 0 Å². The van der Waals surface area contributed by atoms with Crippen LogP contribution in [0.3, 0.4) is 0 Å². The van der Waals surface area contributed by atoms with E-state index in [1.165, 1.54) is 0 Å². The minimum atomic E-state index is -0.129. The Labute approximate surface area is 155 Å². The molecule has 1 heterocycles. The van der Waals surface area contributed by atoms with E-state index in [2.05, 4.69) is 5.32 Å². The first-order valence-electron chi connectivity index (χ1n) is 9.63. The number of rotatable bonds is 8. The smallest absolute Gasteiger partial charge is 0.226 e. The standard InChI is InChI=1S/C20H29N3O3/c21-13-18(15-8-9-15)22-20(25)16-5-4-11-23(14-16)19(24)10-12-26-17-6-2-1-3-7-17/h1-3,6-7,15-16,18H,4-5,8-14,21H2,(H,22,25). The maximum atomic E-state index is 12.5. The third-order valence-electron chi connectivity index (χ3n) is 5.25. The van der Waals surface area contributed by atoms with Crippen LogP contribution in [0.25, 0.3) is 0 Å². The van der Waals surface area contributed by atoms with E-state index in [1.807, 2.05) is 30.3 Å². The number of carbonyl (C=O) groups is 2. The number of benzene rings is 1. The van der Waals surface area contributed by atoms with Crippen LogP contribution in [0.15, 0.2) is 30.3 Å². The molecule has 142 valence electrons. The van der Waals surface area contributed by atoms with Crippen molar-refractivity contribution in [1.29, 1.82) is 0 Å². The van der Waals surface area contributed by atoms with Gasteiger partial charge in [-0.15, -0.1) is 0 Å². The number of likely N-dealkylation sites (tertiary alicyclic amines) is 1. The van der Waals surface area contributed by atoms with E-state index in [0.717, 1.165) is 38.0 Å². The number of para-hydroxylation sites is 1. The molecule has 2 fully saturated rings. The van der Waals surface area contributed by atoms with E-state index in [9.17, 15) is 9.59 Å². The van der Waals surface area contributed by atoms with Gasteiger partial charge in [0.25, 0.3) is 0 Å². The molecular formula is C20H29N3O3. The van der Waals surface area contributed by atoms with Gasteiger partial charge < -0.3 is 20.7 Å². The van der Waals surface area contributed by atoms with E-state index < -0.39 is 0 Å². The first-order valence-corrected chi connectivity index (χ1v) is 9.63. The van der Waals surface area contributed by atoms with Gasteiger partial charge in [0, 0.05) is 25.7 Å². The van der Waals surface area contributed by atoms with Crippen molar-refractivity contribution >= 4 is 11.8 Å². The van der Waals surface area contributed by atoms with Crippen LogP contribution >= 0.6 is 0 Å². The molecule has 2 amide bonds. The summed E-state index contributed by atoms with van der Waals surface area (Å²) in [6.45, 7) is 2.06. The van der Waals surface area contributed by atoms with Gasteiger partial charge in [0.2, 0.25) is 11.8 Å². The summed E-state index contributed by atoms with van der Waals surface area (Å²) in [5.41, 5.74) is 5.78. The molecular weight excluding hydrogens is 330 g/mol. The molecule has 3 rings (SSSR count). The SMILES string of the molecule is NCC(NC(=O)C1CCCN(C(=O)CCOc2ccccc2)C1)C1CC1. The van der Waals surface area contributed by atoms with Gasteiger partial charge in [0.05, 0.1) is 18.9 Å². The topological polar surface area (TPSA) is 84.7 Å². The highest BCUT2D eigenvalue weighted by molar-refractivity contribution is 5.81. The van der Waals surface area contributed by atoms with Crippen LogP contribution in [-0.4, -0.2) is 49.0 Å². The Kier molecular flexibility index (Phi) is 6.50. The zero-order valence-electron chi connectivity index (χ0n) is 15.2. The molecule has 0 bridgehead atoms. The largest absolute Gasteiger partial charge is 0.493 e. The quantitative estimate of drug-likeness (QED) is 0.737. The van der Waals surface area contributed by atoms with E-state index >= 15 is 0 Å². The number of hydrogen-bond donors (Lipinski definition) is 2. The van der Waals surface area contributed by atoms with Crippen LogP contribution < -0.4 is 15.8 Å². The first kappa shape index (κ1) is 18.7. The summed E-state index contributed by atoms with van der Waals surface area (Å²) in [4.78, 5) is 26.8. The number of nitrogens with one attached hydrogen (secondary N) is 1. The maximum Gasteiger partial charge on any atom is 0.226 e. The average molecular weight is 359 g/mol. The summed E-state index contributed by atoms with van der Waals surface area (Å²) >= 11 is 0. The zero-order chi connectivity index (χ0) is 18.4. The van der Waals surface area contributed by atoms with Crippen LogP contribution in [0.1, 0.15) is 32.1 Å². The molecule has 1 saturated heterocycles. The lowest BCUT2D eigenvalue weighted by atomic mass is 9.96. The van der Waals surface area contributed by atoms with Crippen molar-refractivity contribution in [2.45, 2.75) is 38.1 Å². The second-order valence-electron chi connectivity index (χ2n) is 7.28. The highest BCUT2D eigenvalue weighted by atomic mass is 16.5. The minimum Gasteiger partial charge on any atom is -0.493 e. The number of carbonyl (C=O) groups excluding carboxylic acids is 2. The predicted octanol–water partition coefficient (Wildman–Crippen LogP) is 1.55. The second kappa shape index (κ2) is 9.03. The summed E-state index contributed by atoms with van der Waals surface area (Å²) in [5.74, 6) is 1.28. The Balaban J connectivity index is 1.43. The Morgan fingerprint density at radius 1 is 1.23 bits per heavy atom. The lowest BCUT2D eigenvalue weighted by Crippen LogP contribution is -2.49. The van der Waals surface area contributed by atoms with Gasteiger partial charge in [-0.1, -0.05) is 18.2 Å². The van der Waals surface area contributed by atoms with E-state index in [4.69, 9.17) is 10.5 Å². The Morgan fingerprint density at radius 3 is 2.69 bits per heavy atom. The molecule has 0 spiro atoms.